The number of nitrogens with zero attached hydrogens (tertiary/aromatic N) is 3. The lowest BCUT2D eigenvalue weighted by atomic mass is 10.0. The lowest BCUT2D eigenvalue weighted by molar-refractivity contribution is 0.434. The van der Waals surface area contributed by atoms with Crippen molar-refractivity contribution >= 4 is 0 Å². The van der Waals surface area contributed by atoms with Crippen LogP contribution in [-0.2, 0) is 19.4 Å². The number of nitrogens with one attached hydrogen (secondary N) is 1. The maximum atomic E-state index is 4.64. The Morgan fingerprint density at radius 1 is 1.14 bits per heavy atom. The van der Waals surface area contributed by atoms with Crippen LogP contribution >= 0.6 is 0 Å². The lowest BCUT2D eigenvalue weighted by Gasteiger charge is -2.21. The van der Waals surface area contributed by atoms with E-state index in [-0.39, 0.29) is 6.04 Å². The lowest BCUT2D eigenvalue weighted by Crippen LogP contribution is -2.27. The van der Waals surface area contributed by atoms with Gasteiger partial charge in [-0.3, -0.25) is 0 Å². The standard InChI is InChI=1S/C17H26N4/c1-5-16-19-17(6-2)21(20-16)12-15(18-7-3)14-11-9-8-10-13(14)4/h8-11,15,18H,5-7,12H2,1-4H3. The van der Waals surface area contributed by atoms with Crippen molar-refractivity contribution in [2.24, 2.45) is 0 Å². The molecule has 1 unspecified atom stereocenters. The van der Waals surface area contributed by atoms with Gasteiger partial charge in [-0.15, -0.1) is 0 Å². The second-order valence-corrected chi connectivity index (χ2v) is 5.30. The van der Waals surface area contributed by atoms with Crippen molar-refractivity contribution in [3.63, 3.8) is 0 Å². The van der Waals surface area contributed by atoms with Gasteiger partial charge >= 0.3 is 0 Å². The van der Waals surface area contributed by atoms with E-state index in [1.54, 1.807) is 0 Å². The second kappa shape index (κ2) is 7.36. The van der Waals surface area contributed by atoms with Gasteiger partial charge in [0.25, 0.3) is 0 Å². The molecule has 1 heterocycles. The molecule has 0 saturated heterocycles. The SMILES string of the molecule is CCNC(Cn1nc(CC)nc1CC)c1ccccc1C. The van der Waals surface area contributed by atoms with Gasteiger partial charge in [-0.2, -0.15) is 5.10 Å². The van der Waals surface area contributed by atoms with Gasteiger partial charge in [-0.1, -0.05) is 45.0 Å². The largest absolute Gasteiger partial charge is 0.309 e. The molecular weight excluding hydrogens is 260 g/mol. The Morgan fingerprint density at radius 2 is 1.90 bits per heavy atom. The van der Waals surface area contributed by atoms with E-state index in [2.05, 4.69) is 72.0 Å². The molecular formula is C17H26N4. The Hall–Kier alpha value is -1.68. The molecule has 1 aromatic heterocycles. The van der Waals surface area contributed by atoms with Crippen LogP contribution in [0.2, 0.25) is 0 Å². The third-order valence-electron chi connectivity index (χ3n) is 3.79. The van der Waals surface area contributed by atoms with Crippen LogP contribution < -0.4 is 5.32 Å². The van der Waals surface area contributed by atoms with E-state index in [1.165, 1.54) is 11.1 Å². The molecule has 4 heteroatoms. The highest BCUT2D eigenvalue weighted by Crippen LogP contribution is 2.19. The summed E-state index contributed by atoms with van der Waals surface area (Å²) in [6, 6.07) is 8.83. The van der Waals surface area contributed by atoms with Crippen molar-refractivity contribution in [2.75, 3.05) is 6.54 Å². The Kier molecular flexibility index (Phi) is 5.51. The van der Waals surface area contributed by atoms with Gasteiger partial charge < -0.3 is 5.32 Å². The molecule has 1 N–H and O–H groups in total. The molecule has 114 valence electrons. The normalized spacial score (nSPS) is 12.6. The summed E-state index contributed by atoms with van der Waals surface area (Å²) in [4.78, 5) is 4.60. The van der Waals surface area contributed by atoms with Crippen molar-refractivity contribution < 1.29 is 0 Å². The van der Waals surface area contributed by atoms with Gasteiger partial charge in [0.15, 0.2) is 5.82 Å². The van der Waals surface area contributed by atoms with Gasteiger partial charge in [0.05, 0.1) is 12.6 Å². The summed E-state index contributed by atoms with van der Waals surface area (Å²) in [6.07, 6.45) is 1.80. The second-order valence-electron chi connectivity index (χ2n) is 5.30. The van der Waals surface area contributed by atoms with Crippen molar-refractivity contribution in [3.8, 4) is 0 Å². The van der Waals surface area contributed by atoms with Crippen molar-refractivity contribution in [2.45, 2.75) is 53.1 Å². The number of hydrogen-bond donors (Lipinski definition) is 1. The van der Waals surface area contributed by atoms with Crippen LogP contribution in [0.4, 0.5) is 0 Å². The average molecular weight is 286 g/mol. The quantitative estimate of drug-likeness (QED) is 0.850. The van der Waals surface area contributed by atoms with Gasteiger partial charge in [-0.25, -0.2) is 9.67 Å². The van der Waals surface area contributed by atoms with E-state index >= 15 is 0 Å². The van der Waals surface area contributed by atoms with Gasteiger partial charge in [0.2, 0.25) is 0 Å². The Morgan fingerprint density at radius 3 is 2.52 bits per heavy atom. The monoisotopic (exact) mass is 286 g/mol. The first-order valence-corrected chi connectivity index (χ1v) is 7.91. The maximum Gasteiger partial charge on any atom is 0.150 e. The van der Waals surface area contributed by atoms with Crippen molar-refractivity contribution in [1.82, 2.24) is 20.1 Å². The average Bonchev–Trinajstić information content (AvgIpc) is 2.89. The molecule has 4 nitrogen and oxygen atoms in total. The molecule has 0 aliphatic heterocycles. The number of rotatable bonds is 7. The van der Waals surface area contributed by atoms with E-state index in [1.807, 2.05) is 0 Å². The smallest absolute Gasteiger partial charge is 0.150 e. The molecule has 0 amide bonds. The Bertz CT molecular complexity index is 574. The molecule has 1 aromatic carbocycles. The first-order valence-electron chi connectivity index (χ1n) is 7.91. The minimum atomic E-state index is 0.271. The van der Waals surface area contributed by atoms with Crippen LogP contribution in [0.15, 0.2) is 24.3 Å². The zero-order chi connectivity index (χ0) is 15.2. The van der Waals surface area contributed by atoms with E-state index < -0.39 is 0 Å². The Balaban J connectivity index is 2.28. The Labute approximate surface area is 127 Å². The molecule has 2 aromatic rings. The highest BCUT2D eigenvalue weighted by atomic mass is 15.4. The maximum absolute atomic E-state index is 4.64. The molecule has 0 spiro atoms. The molecule has 0 fully saturated rings. The van der Waals surface area contributed by atoms with Gasteiger partial charge in [0, 0.05) is 12.8 Å². The molecule has 2 rings (SSSR count). The zero-order valence-electron chi connectivity index (χ0n) is 13.6. The summed E-state index contributed by atoms with van der Waals surface area (Å²) in [6.45, 7) is 10.3. The minimum Gasteiger partial charge on any atom is -0.309 e. The van der Waals surface area contributed by atoms with Gasteiger partial charge in [0.1, 0.15) is 5.82 Å². The summed E-state index contributed by atoms with van der Waals surface area (Å²) < 4.78 is 2.07. The fraction of sp³-hybridized carbons (Fsp3) is 0.529. The van der Waals surface area contributed by atoms with Gasteiger partial charge in [-0.05, 0) is 24.6 Å². The number of aromatic nitrogens is 3. The summed E-state index contributed by atoms with van der Waals surface area (Å²) >= 11 is 0. The number of hydrogen-bond acceptors (Lipinski definition) is 3. The van der Waals surface area contributed by atoms with Crippen LogP contribution in [-0.4, -0.2) is 21.3 Å². The highest BCUT2D eigenvalue weighted by Gasteiger charge is 2.16. The summed E-state index contributed by atoms with van der Waals surface area (Å²) in [5.74, 6) is 2.01. The predicted octanol–water partition coefficient (Wildman–Crippen LogP) is 3.06. The zero-order valence-corrected chi connectivity index (χ0v) is 13.6. The van der Waals surface area contributed by atoms with Crippen molar-refractivity contribution in [3.05, 3.63) is 47.0 Å². The minimum absolute atomic E-state index is 0.271. The van der Waals surface area contributed by atoms with E-state index in [4.69, 9.17) is 0 Å². The summed E-state index contributed by atoms with van der Waals surface area (Å²) in [5, 5.41) is 8.22. The summed E-state index contributed by atoms with van der Waals surface area (Å²) in [7, 11) is 0. The summed E-state index contributed by atoms with van der Waals surface area (Å²) in [5.41, 5.74) is 2.66. The topological polar surface area (TPSA) is 42.7 Å². The first-order chi connectivity index (χ1) is 10.2. The van der Waals surface area contributed by atoms with Crippen LogP contribution in [0.25, 0.3) is 0 Å². The van der Waals surface area contributed by atoms with Crippen LogP contribution in [0.5, 0.6) is 0 Å². The van der Waals surface area contributed by atoms with Crippen LogP contribution in [0.3, 0.4) is 0 Å². The third-order valence-corrected chi connectivity index (χ3v) is 3.79. The number of aryl methyl sites for hydroxylation is 3. The van der Waals surface area contributed by atoms with E-state index in [0.717, 1.165) is 37.6 Å². The molecule has 0 radical (unpaired) electrons. The van der Waals surface area contributed by atoms with Crippen LogP contribution in [0, 0.1) is 6.92 Å². The number of benzene rings is 1. The van der Waals surface area contributed by atoms with E-state index in [0.29, 0.717) is 0 Å². The van der Waals surface area contributed by atoms with Crippen molar-refractivity contribution in [1.29, 1.82) is 0 Å². The molecule has 1 atom stereocenters. The predicted molar refractivity (Wildman–Crippen MR) is 86.4 cm³/mol. The molecule has 21 heavy (non-hydrogen) atoms. The molecule has 0 bridgehead atoms. The molecule has 0 aliphatic carbocycles. The molecule has 0 saturated carbocycles. The fourth-order valence-corrected chi connectivity index (χ4v) is 2.65. The first kappa shape index (κ1) is 15.7. The third kappa shape index (κ3) is 3.70. The highest BCUT2D eigenvalue weighted by molar-refractivity contribution is 5.28. The molecule has 0 aliphatic rings. The number of likely N-dealkylation sites (N-methyl/N-ethyl adjacent to an activating group) is 1. The van der Waals surface area contributed by atoms with Crippen LogP contribution in [0.1, 0.15) is 49.6 Å². The fourth-order valence-electron chi connectivity index (χ4n) is 2.65. The van der Waals surface area contributed by atoms with E-state index in [9.17, 15) is 0 Å².